The highest BCUT2D eigenvalue weighted by Gasteiger charge is 2.17. The van der Waals surface area contributed by atoms with Crippen LogP contribution < -0.4 is 16.4 Å². The first-order valence-electron chi connectivity index (χ1n) is 8.21. The summed E-state index contributed by atoms with van der Waals surface area (Å²) < 4.78 is 10.4. The summed E-state index contributed by atoms with van der Waals surface area (Å²) in [5, 5.41) is 5.31. The molecule has 140 valence electrons. The molecule has 1 aromatic carbocycles. The third-order valence-corrected chi connectivity index (χ3v) is 2.83. The van der Waals surface area contributed by atoms with E-state index in [0.717, 1.165) is 5.56 Å². The number of alkyl carbamates (subject to hydrolysis) is 1. The zero-order chi connectivity index (χ0) is 19.3. The second-order valence-corrected chi connectivity index (χ2v) is 7.73. The van der Waals surface area contributed by atoms with Crippen molar-refractivity contribution in [1.29, 1.82) is 0 Å². The Labute approximate surface area is 149 Å². The fourth-order valence-electron chi connectivity index (χ4n) is 1.92. The predicted molar refractivity (Wildman–Crippen MR) is 98.7 cm³/mol. The normalized spacial score (nSPS) is 11.6. The number of benzene rings is 1. The lowest BCUT2D eigenvalue weighted by atomic mass is 10.1. The van der Waals surface area contributed by atoms with Gasteiger partial charge in [-0.25, -0.2) is 9.59 Å². The SMILES string of the molecule is CC(C)(C)OC(=O)NCCc1ccc(NC(=O)OC(C)(C)C)c(N)c1. The van der Waals surface area contributed by atoms with Crippen molar-refractivity contribution in [2.24, 2.45) is 0 Å². The van der Waals surface area contributed by atoms with Gasteiger partial charge in [-0.1, -0.05) is 6.07 Å². The summed E-state index contributed by atoms with van der Waals surface area (Å²) in [6.45, 7) is 11.2. The molecule has 7 nitrogen and oxygen atoms in total. The van der Waals surface area contributed by atoms with Crippen molar-refractivity contribution >= 4 is 23.6 Å². The Hall–Kier alpha value is -2.44. The number of carbonyl (C=O) groups is 2. The van der Waals surface area contributed by atoms with Gasteiger partial charge in [0.05, 0.1) is 11.4 Å². The van der Waals surface area contributed by atoms with E-state index in [4.69, 9.17) is 15.2 Å². The lowest BCUT2D eigenvalue weighted by Gasteiger charge is -2.20. The van der Waals surface area contributed by atoms with Crippen molar-refractivity contribution in [3.63, 3.8) is 0 Å². The van der Waals surface area contributed by atoms with Crippen LogP contribution in [0.4, 0.5) is 21.0 Å². The van der Waals surface area contributed by atoms with Crippen LogP contribution in [-0.2, 0) is 15.9 Å². The topological polar surface area (TPSA) is 103 Å². The molecule has 4 N–H and O–H groups in total. The third kappa shape index (κ3) is 8.83. The fraction of sp³-hybridized carbons (Fsp3) is 0.556. The maximum atomic E-state index is 11.8. The van der Waals surface area contributed by atoms with E-state index in [1.807, 2.05) is 26.8 Å². The minimum atomic E-state index is -0.577. The van der Waals surface area contributed by atoms with E-state index in [2.05, 4.69) is 10.6 Å². The number of amides is 2. The number of carbonyl (C=O) groups excluding carboxylic acids is 2. The number of rotatable bonds is 4. The van der Waals surface area contributed by atoms with Gasteiger partial charge in [0.2, 0.25) is 0 Å². The number of hydrogen-bond acceptors (Lipinski definition) is 5. The van der Waals surface area contributed by atoms with Crippen molar-refractivity contribution in [1.82, 2.24) is 5.32 Å². The Bertz CT molecular complexity index is 616. The minimum Gasteiger partial charge on any atom is -0.444 e. The molecule has 2 amide bonds. The minimum absolute atomic E-state index is 0.424. The van der Waals surface area contributed by atoms with Crippen LogP contribution in [0.25, 0.3) is 0 Å². The van der Waals surface area contributed by atoms with Crippen LogP contribution >= 0.6 is 0 Å². The highest BCUT2D eigenvalue weighted by atomic mass is 16.6. The molecular weight excluding hydrogens is 322 g/mol. The largest absolute Gasteiger partial charge is 0.444 e. The van der Waals surface area contributed by atoms with Gasteiger partial charge in [-0.2, -0.15) is 0 Å². The summed E-state index contributed by atoms with van der Waals surface area (Å²) in [4.78, 5) is 23.4. The van der Waals surface area contributed by atoms with E-state index in [1.165, 1.54) is 0 Å². The van der Waals surface area contributed by atoms with Crippen molar-refractivity contribution in [2.45, 2.75) is 59.2 Å². The highest BCUT2D eigenvalue weighted by Crippen LogP contribution is 2.21. The highest BCUT2D eigenvalue weighted by molar-refractivity contribution is 5.89. The number of ether oxygens (including phenoxy) is 2. The van der Waals surface area contributed by atoms with Gasteiger partial charge in [0.15, 0.2) is 0 Å². The molecule has 0 saturated carbocycles. The molecule has 0 atom stereocenters. The van der Waals surface area contributed by atoms with Gasteiger partial charge in [0.1, 0.15) is 11.2 Å². The maximum Gasteiger partial charge on any atom is 0.412 e. The molecule has 0 saturated heterocycles. The molecule has 1 rings (SSSR count). The predicted octanol–water partition coefficient (Wildman–Crippen LogP) is 3.68. The summed E-state index contributed by atoms with van der Waals surface area (Å²) in [5.74, 6) is 0. The summed E-state index contributed by atoms with van der Waals surface area (Å²) in [6, 6.07) is 5.30. The Balaban J connectivity index is 2.53. The molecule has 0 spiro atoms. The first-order valence-corrected chi connectivity index (χ1v) is 8.21. The van der Waals surface area contributed by atoms with E-state index in [0.29, 0.717) is 24.3 Å². The van der Waals surface area contributed by atoms with Gasteiger partial charge < -0.3 is 20.5 Å². The lowest BCUT2D eigenvalue weighted by molar-refractivity contribution is 0.0527. The molecule has 0 aliphatic rings. The van der Waals surface area contributed by atoms with Crippen molar-refractivity contribution < 1.29 is 19.1 Å². The lowest BCUT2D eigenvalue weighted by Crippen LogP contribution is -2.33. The molecule has 0 heterocycles. The van der Waals surface area contributed by atoms with Crippen LogP contribution in [0.15, 0.2) is 18.2 Å². The van der Waals surface area contributed by atoms with Gasteiger partial charge in [-0.05, 0) is 65.7 Å². The van der Waals surface area contributed by atoms with Crippen LogP contribution in [0, 0.1) is 0 Å². The molecule has 0 unspecified atom stereocenters. The third-order valence-electron chi connectivity index (χ3n) is 2.83. The van der Waals surface area contributed by atoms with Gasteiger partial charge in [-0.3, -0.25) is 5.32 Å². The van der Waals surface area contributed by atoms with Gasteiger partial charge in [0.25, 0.3) is 0 Å². The van der Waals surface area contributed by atoms with Crippen LogP contribution in [-0.4, -0.2) is 29.9 Å². The summed E-state index contributed by atoms with van der Waals surface area (Å²) in [7, 11) is 0. The molecule has 25 heavy (non-hydrogen) atoms. The van der Waals surface area contributed by atoms with Gasteiger partial charge in [0, 0.05) is 6.54 Å². The Kier molecular flexibility index (Phi) is 6.67. The molecular formula is C18H29N3O4. The first kappa shape index (κ1) is 20.6. The monoisotopic (exact) mass is 351 g/mol. The Morgan fingerprint density at radius 2 is 1.56 bits per heavy atom. The van der Waals surface area contributed by atoms with Crippen molar-refractivity contribution in [2.75, 3.05) is 17.6 Å². The summed E-state index contributed by atoms with van der Waals surface area (Å²) in [5.41, 5.74) is 6.71. The van der Waals surface area contributed by atoms with E-state index in [1.54, 1.807) is 32.9 Å². The average molecular weight is 351 g/mol. The second kappa shape index (κ2) is 8.09. The molecule has 0 aliphatic carbocycles. The van der Waals surface area contributed by atoms with Crippen LogP contribution in [0.5, 0.6) is 0 Å². The number of nitrogens with two attached hydrogens (primary N) is 1. The Morgan fingerprint density at radius 1 is 1.00 bits per heavy atom. The smallest absolute Gasteiger partial charge is 0.412 e. The number of hydrogen-bond donors (Lipinski definition) is 3. The standard InChI is InChI=1S/C18H29N3O4/c1-17(2,3)24-15(22)20-10-9-12-7-8-14(13(19)11-12)21-16(23)25-18(4,5)6/h7-8,11H,9-10,19H2,1-6H3,(H,20,22)(H,21,23). The first-order chi connectivity index (χ1) is 11.4. The van der Waals surface area contributed by atoms with E-state index >= 15 is 0 Å². The Morgan fingerprint density at radius 3 is 2.08 bits per heavy atom. The van der Waals surface area contributed by atoms with E-state index < -0.39 is 23.4 Å². The molecule has 7 heteroatoms. The zero-order valence-corrected chi connectivity index (χ0v) is 15.9. The molecule has 0 fully saturated rings. The van der Waals surface area contributed by atoms with Crippen LogP contribution in [0.1, 0.15) is 47.1 Å². The maximum absolute atomic E-state index is 11.8. The quantitative estimate of drug-likeness (QED) is 0.718. The second-order valence-electron chi connectivity index (χ2n) is 7.73. The van der Waals surface area contributed by atoms with Crippen molar-refractivity contribution in [3.8, 4) is 0 Å². The van der Waals surface area contributed by atoms with Crippen LogP contribution in [0.2, 0.25) is 0 Å². The summed E-state index contributed by atoms with van der Waals surface area (Å²) >= 11 is 0. The molecule has 0 aliphatic heterocycles. The summed E-state index contributed by atoms with van der Waals surface area (Å²) in [6.07, 6.45) is -0.418. The number of nitrogen functional groups attached to an aromatic ring is 1. The van der Waals surface area contributed by atoms with Gasteiger partial charge >= 0.3 is 12.2 Å². The molecule has 0 radical (unpaired) electrons. The van der Waals surface area contributed by atoms with E-state index in [9.17, 15) is 9.59 Å². The van der Waals surface area contributed by atoms with Crippen molar-refractivity contribution in [3.05, 3.63) is 23.8 Å². The van der Waals surface area contributed by atoms with E-state index in [-0.39, 0.29) is 0 Å². The van der Waals surface area contributed by atoms with Gasteiger partial charge in [-0.15, -0.1) is 0 Å². The molecule has 0 bridgehead atoms. The fourth-order valence-corrected chi connectivity index (χ4v) is 1.92. The number of anilines is 2. The number of nitrogens with one attached hydrogen (secondary N) is 2. The molecule has 0 aromatic heterocycles. The zero-order valence-electron chi connectivity index (χ0n) is 15.9. The average Bonchev–Trinajstić information content (AvgIpc) is 2.37. The molecule has 1 aromatic rings. The van der Waals surface area contributed by atoms with Crippen LogP contribution in [0.3, 0.4) is 0 Å².